The number of nitrogens with zero attached hydrogens (tertiary/aromatic N) is 4. The Morgan fingerprint density at radius 2 is 2.43 bits per heavy atom. The number of hydrogen-bond acceptors (Lipinski definition) is 5. The molecular formula is C14H18N4O2S. The van der Waals surface area contributed by atoms with E-state index in [0.717, 1.165) is 43.2 Å². The van der Waals surface area contributed by atoms with Gasteiger partial charge in [0.2, 0.25) is 0 Å². The van der Waals surface area contributed by atoms with Gasteiger partial charge in [0.1, 0.15) is 11.6 Å². The van der Waals surface area contributed by atoms with Gasteiger partial charge in [0.05, 0.1) is 12.2 Å². The first-order valence-electron chi connectivity index (χ1n) is 7.06. The highest BCUT2D eigenvalue weighted by atomic mass is 32.1. The van der Waals surface area contributed by atoms with Crippen molar-refractivity contribution in [2.45, 2.75) is 31.8 Å². The fraction of sp³-hybridized carbons (Fsp3) is 0.500. The van der Waals surface area contributed by atoms with Crippen LogP contribution in [0.4, 0.5) is 0 Å². The summed E-state index contributed by atoms with van der Waals surface area (Å²) in [6, 6.07) is 1.94. The van der Waals surface area contributed by atoms with Crippen molar-refractivity contribution >= 4 is 17.3 Å². The Morgan fingerprint density at radius 3 is 3.19 bits per heavy atom. The molecule has 0 amide bonds. The van der Waals surface area contributed by atoms with Crippen LogP contribution in [0.1, 0.15) is 29.5 Å². The molecule has 3 heterocycles. The molecule has 7 heteroatoms. The summed E-state index contributed by atoms with van der Waals surface area (Å²) < 4.78 is 1.50. The van der Waals surface area contributed by atoms with Crippen molar-refractivity contribution < 1.29 is 9.90 Å². The SMILES string of the molecule is O=C(O)Cn1ccc([C@@H]2CCCN(Cc3nccs3)C2)n1. The smallest absolute Gasteiger partial charge is 0.325 e. The van der Waals surface area contributed by atoms with E-state index in [1.54, 1.807) is 17.5 Å². The summed E-state index contributed by atoms with van der Waals surface area (Å²) in [5.41, 5.74) is 1.00. The highest BCUT2D eigenvalue weighted by molar-refractivity contribution is 7.09. The second-order valence-electron chi connectivity index (χ2n) is 5.33. The molecule has 0 radical (unpaired) electrons. The minimum Gasteiger partial charge on any atom is -0.480 e. The van der Waals surface area contributed by atoms with Crippen molar-refractivity contribution in [3.63, 3.8) is 0 Å². The van der Waals surface area contributed by atoms with E-state index in [-0.39, 0.29) is 6.54 Å². The Balaban J connectivity index is 1.62. The maximum absolute atomic E-state index is 10.7. The standard InChI is InChI=1S/C14H18N4O2S/c19-14(20)10-18-6-3-12(16-18)11-2-1-5-17(8-11)9-13-15-4-7-21-13/h3-4,6-7,11H,1-2,5,8-10H2,(H,19,20)/t11-/m1/s1. The Bertz CT molecular complexity index is 596. The second-order valence-corrected chi connectivity index (χ2v) is 6.31. The van der Waals surface area contributed by atoms with Crippen LogP contribution in [0.2, 0.25) is 0 Å². The fourth-order valence-corrected chi connectivity index (χ4v) is 3.44. The number of hydrogen-bond donors (Lipinski definition) is 1. The summed E-state index contributed by atoms with van der Waals surface area (Å²) in [7, 11) is 0. The number of carboxylic acids is 1. The maximum atomic E-state index is 10.7. The molecule has 6 nitrogen and oxygen atoms in total. The van der Waals surface area contributed by atoms with E-state index in [1.165, 1.54) is 4.68 Å². The maximum Gasteiger partial charge on any atom is 0.325 e. The van der Waals surface area contributed by atoms with Gasteiger partial charge in [-0.25, -0.2) is 4.98 Å². The Kier molecular flexibility index (Phi) is 4.31. The summed E-state index contributed by atoms with van der Waals surface area (Å²) in [6.07, 6.45) is 5.85. The van der Waals surface area contributed by atoms with Crippen LogP contribution in [0.3, 0.4) is 0 Å². The molecule has 2 aromatic heterocycles. The molecule has 0 spiro atoms. The van der Waals surface area contributed by atoms with E-state index >= 15 is 0 Å². The van der Waals surface area contributed by atoms with Gasteiger partial charge >= 0.3 is 5.97 Å². The first-order valence-corrected chi connectivity index (χ1v) is 7.94. The summed E-state index contributed by atoms with van der Waals surface area (Å²) in [6.45, 7) is 2.87. The molecule has 1 aliphatic rings. The Hall–Kier alpha value is -1.73. The van der Waals surface area contributed by atoms with E-state index in [0.29, 0.717) is 5.92 Å². The van der Waals surface area contributed by atoms with E-state index in [9.17, 15) is 4.79 Å². The lowest BCUT2D eigenvalue weighted by atomic mass is 9.95. The third-order valence-corrected chi connectivity index (χ3v) is 4.49. The predicted molar refractivity (Wildman–Crippen MR) is 79.2 cm³/mol. The van der Waals surface area contributed by atoms with Crippen LogP contribution in [0.25, 0.3) is 0 Å². The molecule has 0 unspecified atom stereocenters. The Morgan fingerprint density at radius 1 is 1.52 bits per heavy atom. The van der Waals surface area contributed by atoms with Gasteiger partial charge in [0.25, 0.3) is 0 Å². The van der Waals surface area contributed by atoms with Crippen LogP contribution >= 0.6 is 11.3 Å². The number of aromatic nitrogens is 3. The van der Waals surface area contributed by atoms with Crippen LogP contribution in [-0.2, 0) is 17.9 Å². The largest absolute Gasteiger partial charge is 0.480 e. The predicted octanol–water partition coefficient (Wildman–Crippen LogP) is 1.80. The number of likely N-dealkylation sites (tertiary alicyclic amines) is 1. The number of carbonyl (C=O) groups is 1. The summed E-state index contributed by atoms with van der Waals surface area (Å²) >= 11 is 1.69. The van der Waals surface area contributed by atoms with Gasteiger partial charge in [0, 0.05) is 30.2 Å². The van der Waals surface area contributed by atoms with Crippen molar-refractivity contribution in [3.8, 4) is 0 Å². The van der Waals surface area contributed by atoms with Crippen LogP contribution in [0.15, 0.2) is 23.8 Å². The lowest BCUT2D eigenvalue weighted by Gasteiger charge is -2.31. The summed E-state index contributed by atoms with van der Waals surface area (Å²) in [5, 5.41) is 16.3. The highest BCUT2D eigenvalue weighted by Gasteiger charge is 2.23. The minimum atomic E-state index is -0.862. The van der Waals surface area contributed by atoms with Gasteiger partial charge in [-0.05, 0) is 25.5 Å². The zero-order chi connectivity index (χ0) is 14.7. The first kappa shape index (κ1) is 14.2. The average molecular weight is 306 g/mol. The van der Waals surface area contributed by atoms with Crippen LogP contribution < -0.4 is 0 Å². The van der Waals surface area contributed by atoms with Crippen molar-refractivity contribution in [2.24, 2.45) is 0 Å². The van der Waals surface area contributed by atoms with Crippen LogP contribution in [-0.4, -0.2) is 43.8 Å². The summed E-state index contributed by atoms with van der Waals surface area (Å²) in [4.78, 5) is 17.5. The molecule has 1 aliphatic heterocycles. The van der Waals surface area contributed by atoms with Crippen molar-refractivity contribution in [3.05, 3.63) is 34.5 Å². The Labute approximate surface area is 127 Å². The highest BCUT2D eigenvalue weighted by Crippen LogP contribution is 2.26. The van der Waals surface area contributed by atoms with E-state index in [2.05, 4.69) is 15.0 Å². The van der Waals surface area contributed by atoms with E-state index in [1.807, 2.05) is 17.6 Å². The molecule has 1 atom stereocenters. The number of thiazole rings is 1. The van der Waals surface area contributed by atoms with Gasteiger partial charge in [0.15, 0.2) is 0 Å². The molecule has 0 bridgehead atoms. The van der Waals surface area contributed by atoms with Crippen LogP contribution in [0, 0.1) is 0 Å². The van der Waals surface area contributed by atoms with Crippen molar-refractivity contribution in [2.75, 3.05) is 13.1 Å². The fourth-order valence-electron chi connectivity index (χ4n) is 2.78. The molecule has 21 heavy (non-hydrogen) atoms. The molecule has 0 aromatic carbocycles. The third kappa shape index (κ3) is 3.68. The van der Waals surface area contributed by atoms with E-state index < -0.39 is 5.97 Å². The summed E-state index contributed by atoms with van der Waals surface area (Å²) in [5.74, 6) is -0.479. The lowest BCUT2D eigenvalue weighted by Crippen LogP contribution is -2.34. The van der Waals surface area contributed by atoms with Crippen LogP contribution in [0.5, 0.6) is 0 Å². The van der Waals surface area contributed by atoms with Gasteiger partial charge in [-0.2, -0.15) is 5.10 Å². The van der Waals surface area contributed by atoms with Gasteiger partial charge in [-0.3, -0.25) is 14.4 Å². The third-order valence-electron chi connectivity index (χ3n) is 3.72. The number of piperidine rings is 1. The van der Waals surface area contributed by atoms with Crippen molar-refractivity contribution in [1.82, 2.24) is 19.7 Å². The molecule has 3 rings (SSSR count). The zero-order valence-corrected chi connectivity index (χ0v) is 12.5. The van der Waals surface area contributed by atoms with Gasteiger partial charge < -0.3 is 5.11 Å². The van der Waals surface area contributed by atoms with Gasteiger partial charge in [-0.1, -0.05) is 0 Å². The molecule has 0 saturated carbocycles. The average Bonchev–Trinajstić information content (AvgIpc) is 3.10. The first-order chi connectivity index (χ1) is 10.2. The second kappa shape index (κ2) is 6.36. The molecular weight excluding hydrogens is 288 g/mol. The topological polar surface area (TPSA) is 71.2 Å². The zero-order valence-electron chi connectivity index (χ0n) is 11.7. The molecule has 2 aromatic rings. The van der Waals surface area contributed by atoms with Gasteiger partial charge in [-0.15, -0.1) is 11.3 Å². The number of aliphatic carboxylic acids is 1. The molecule has 1 fully saturated rings. The number of carboxylic acid groups (broad SMARTS) is 1. The molecule has 112 valence electrons. The number of rotatable bonds is 5. The molecule has 1 saturated heterocycles. The molecule has 1 N–H and O–H groups in total. The monoisotopic (exact) mass is 306 g/mol. The van der Waals surface area contributed by atoms with E-state index in [4.69, 9.17) is 5.11 Å². The lowest BCUT2D eigenvalue weighted by molar-refractivity contribution is -0.137. The molecule has 0 aliphatic carbocycles. The minimum absolute atomic E-state index is 0.0739. The normalized spacial score (nSPS) is 19.7. The quantitative estimate of drug-likeness (QED) is 0.912. The van der Waals surface area contributed by atoms with Crippen molar-refractivity contribution in [1.29, 1.82) is 0 Å².